The minimum atomic E-state index is -4.99. The topological polar surface area (TPSA) is 66.4 Å². The van der Waals surface area contributed by atoms with Gasteiger partial charge in [-0.2, -0.15) is 13.2 Å². The number of rotatable bonds is 5. The fourth-order valence-corrected chi connectivity index (χ4v) is 1.70. The zero-order valence-corrected chi connectivity index (χ0v) is 10.8. The van der Waals surface area contributed by atoms with E-state index in [-0.39, 0.29) is 0 Å². The van der Waals surface area contributed by atoms with Crippen molar-refractivity contribution in [1.82, 2.24) is 5.32 Å². The molecule has 4 nitrogen and oxygen atoms in total. The van der Waals surface area contributed by atoms with E-state index in [0.29, 0.717) is 10.6 Å². The SMILES string of the molecule is O=C(O)C[C@@H](CNC(=O)C(F)(F)F)c1ccc(Cl)cc1. The molecule has 0 bridgehead atoms. The van der Waals surface area contributed by atoms with Crippen LogP contribution in [0.25, 0.3) is 0 Å². The van der Waals surface area contributed by atoms with Crippen molar-refractivity contribution in [2.75, 3.05) is 6.54 Å². The summed E-state index contributed by atoms with van der Waals surface area (Å²) in [5, 5.41) is 10.9. The van der Waals surface area contributed by atoms with Crippen LogP contribution in [0.15, 0.2) is 24.3 Å². The molecular formula is C12H11ClF3NO3. The molecule has 0 aromatic heterocycles. The molecule has 20 heavy (non-hydrogen) atoms. The lowest BCUT2D eigenvalue weighted by atomic mass is 9.95. The number of nitrogens with one attached hydrogen (secondary N) is 1. The highest BCUT2D eigenvalue weighted by atomic mass is 35.5. The van der Waals surface area contributed by atoms with E-state index >= 15 is 0 Å². The van der Waals surface area contributed by atoms with Crippen LogP contribution in [0.5, 0.6) is 0 Å². The molecule has 1 atom stereocenters. The van der Waals surface area contributed by atoms with Crippen LogP contribution in [0.1, 0.15) is 17.9 Å². The Labute approximate surface area is 117 Å². The van der Waals surface area contributed by atoms with Gasteiger partial charge in [-0.3, -0.25) is 9.59 Å². The second kappa shape index (κ2) is 6.60. The third-order valence-electron chi connectivity index (χ3n) is 2.53. The third kappa shape index (κ3) is 5.08. The van der Waals surface area contributed by atoms with Gasteiger partial charge in [0.05, 0.1) is 6.42 Å². The molecule has 1 rings (SSSR count). The highest BCUT2D eigenvalue weighted by molar-refractivity contribution is 6.30. The second-order valence-electron chi connectivity index (χ2n) is 4.05. The normalized spacial score (nSPS) is 12.8. The van der Waals surface area contributed by atoms with Crippen molar-refractivity contribution in [3.8, 4) is 0 Å². The van der Waals surface area contributed by atoms with Crippen LogP contribution in [0.3, 0.4) is 0 Å². The molecule has 0 fully saturated rings. The van der Waals surface area contributed by atoms with E-state index in [9.17, 15) is 22.8 Å². The average molecular weight is 310 g/mol. The van der Waals surface area contributed by atoms with Gasteiger partial charge in [0.15, 0.2) is 0 Å². The molecule has 0 saturated heterocycles. The number of carboxylic acid groups (broad SMARTS) is 1. The predicted molar refractivity (Wildman–Crippen MR) is 65.5 cm³/mol. The number of carboxylic acids is 1. The Hall–Kier alpha value is -1.76. The summed E-state index contributed by atoms with van der Waals surface area (Å²) in [6, 6.07) is 6.01. The summed E-state index contributed by atoms with van der Waals surface area (Å²) in [5.74, 6) is -4.04. The van der Waals surface area contributed by atoms with Crippen molar-refractivity contribution >= 4 is 23.5 Å². The summed E-state index contributed by atoms with van der Waals surface area (Å²) in [7, 11) is 0. The minimum Gasteiger partial charge on any atom is -0.481 e. The Morgan fingerprint density at radius 3 is 2.25 bits per heavy atom. The van der Waals surface area contributed by atoms with E-state index in [4.69, 9.17) is 16.7 Å². The van der Waals surface area contributed by atoms with Crippen LogP contribution >= 0.6 is 11.6 Å². The predicted octanol–water partition coefficient (Wildman–Crippen LogP) is 2.58. The van der Waals surface area contributed by atoms with Crippen LogP contribution in [0.4, 0.5) is 13.2 Å². The van der Waals surface area contributed by atoms with Gasteiger partial charge < -0.3 is 10.4 Å². The van der Waals surface area contributed by atoms with E-state index in [1.807, 2.05) is 0 Å². The first kappa shape index (κ1) is 16.3. The fraction of sp³-hybridized carbons (Fsp3) is 0.333. The van der Waals surface area contributed by atoms with Crippen molar-refractivity contribution in [2.24, 2.45) is 0 Å². The highest BCUT2D eigenvalue weighted by Gasteiger charge is 2.38. The number of halogens is 4. The molecule has 1 amide bonds. The average Bonchev–Trinajstić information content (AvgIpc) is 2.33. The number of benzene rings is 1. The summed E-state index contributed by atoms with van der Waals surface area (Å²) in [6.07, 6.45) is -5.40. The monoisotopic (exact) mass is 309 g/mol. The molecule has 1 aromatic carbocycles. The number of carbonyl (C=O) groups is 2. The van der Waals surface area contributed by atoms with Gasteiger partial charge >= 0.3 is 18.1 Å². The van der Waals surface area contributed by atoms with Gasteiger partial charge in [-0.1, -0.05) is 23.7 Å². The third-order valence-corrected chi connectivity index (χ3v) is 2.78. The summed E-state index contributed by atoms with van der Waals surface area (Å²) in [6.45, 7) is -0.424. The molecule has 8 heteroatoms. The zero-order valence-electron chi connectivity index (χ0n) is 10.1. The summed E-state index contributed by atoms with van der Waals surface area (Å²) < 4.78 is 36.2. The number of hydrogen-bond acceptors (Lipinski definition) is 2. The van der Waals surface area contributed by atoms with Gasteiger partial charge in [-0.05, 0) is 17.7 Å². The molecule has 0 aliphatic rings. The Balaban J connectivity index is 2.77. The molecule has 110 valence electrons. The molecular weight excluding hydrogens is 299 g/mol. The number of alkyl halides is 3. The molecule has 0 spiro atoms. The fourth-order valence-electron chi connectivity index (χ4n) is 1.57. The van der Waals surface area contributed by atoms with Crippen LogP contribution in [-0.2, 0) is 9.59 Å². The maximum Gasteiger partial charge on any atom is 0.471 e. The molecule has 0 saturated carbocycles. The second-order valence-corrected chi connectivity index (χ2v) is 4.49. The van der Waals surface area contributed by atoms with Crippen LogP contribution in [-0.4, -0.2) is 29.7 Å². The van der Waals surface area contributed by atoms with Crippen LogP contribution < -0.4 is 5.32 Å². The number of carbonyl (C=O) groups excluding carboxylic acids is 1. The van der Waals surface area contributed by atoms with Crippen molar-refractivity contribution in [3.05, 3.63) is 34.9 Å². The first-order chi connectivity index (χ1) is 9.20. The Bertz CT molecular complexity index is 488. The van der Waals surface area contributed by atoms with Crippen molar-refractivity contribution in [3.63, 3.8) is 0 Å². The molecule has 0 aliphatic carbocycles. The molecule has 0 heterocycles. The first-order valence-corrected chi connectivity index (χ1v) is 5.90. The molecule has 0 radical (unpaired) electrons. The molecule has 1 aromatic rings. The van der Waals surface area contributed by atoms with E-state index < -0.39 is 36.9 Å². The first-order valence-electron chi connectivity index (χ1n) is 5.52. The van der Waals surface area contributed by atoms with Crippen LogP contribution in [0.2, 0.25) is 5.02 Å². The highest BCUT2D eigenvalue weighted by Crippen LogP contribution is 2.22. The summed E-state index contributed by atoms with van der Waals surface area (Å²) in [4.78, 5) is 21.5. The van der Waals surface area contributed by atoms with Crippen LogP contribution in [0, 0.1) is 0 Å². The Kier molecular flexibility index (Phi) is 5.38. The smallest absolute Gasteiger partial charge is 0.471 e. The summed E-state index contributed by atoms with van der Waals surface area (Å²) in [5.41, 5.74) is 0.485. The van der Waals surface area contributed by atoms with Gasteiger partial charge in [-0.25, -0.2) is 0 Å². The maximum atomic E-state index is 12.1. The van der Waals surface area contributed by atoms with Crippen molar-refractivity contribution < 1.29 is 27.9 Å². The summed E-state index contributed by atoms with van der Waals surface area (Å²) >= 11 is 5.67. The largest absolute Gasteiger partial charge is 0.481 e. The molecule has 0 aliphatic heterocycles. The van der Waals surface area contributed by atoms with Gasteiger partial charge in [0, 0.05) is 17.5 Å². The zero-order chi connectivity index (χ0) is 15.3. The van der Waals surface area contributed by atoms with Crippen molar-refractivity contribution in [1.29, 1.82) is 0 Å². The van der Waals surface area contributed by atoms with E-state index in [1.165, 1.54) is 24.3 Å². The van der Waals surface area contributed by atoms with Gasteiger partial charge in [-0.15, -0.1) is 0 Å². The van der Waals surface area contributed by atoms with E-state index in [2.05, 4.69) is 0 Å². The Morgan fingerprint density at radius 1 is 1.25 bits per heavy atom. The number of amides is 1. The lowest BCUT2D eigenvalue weighted by Gasteiger charge is -2.17. The van der Waals surface area contributed by atoms with Gasteiger partial charge in [0.2, 0.25) is 0 Å². The van der Waals surface area contributed by atoms with Gasteiger partial charge in [0.25, 0.3) is 0 Å². The quantitative estimate of drug-likeness (QED) is 0.878. The minimum absolute atomic E-state index is 0.403. The van der Waals surface area contributed by atoms with Crippen molar-refractivity contribution in [2.45, 2.75) is 18.5 Å². The lowest BCUT2D eigenvalue weighted by molar-refractivity contribution is -0.173. The molecule has 0 unspecified atom stereocenters. The van der Waals surface area contributed by atoms with Gasteiger partial charge in [0.1, 0.15) is 0 Å². The Morgan fingerprint density at radius 2 is 1.80 bits per heavy atom. The van der Waals surface area contributed by atoms with E-state index in [0.717, 1.165) is 0 Å². The number of aliphatic carboxylic acids is 1. The number of hydrogen-bond donors (Lipinski definition) is 2. The van der Waals surface area contributed by atoms with E-state index in [1.54, 1.807) is 5.32 Å². The maximum absolute atomic E-state index is 12.1. The lowest BCUT2D eigenvalue weighted by Crippen LogP contribution is -2.39. The standard InChI is InChI=1S/C12H11ClF3NO3/c13-9-3-1-7(2-4-9)8(5-10(18)19)6-17-11(20)12(14,15)16/h1-4,8H,5-6H2,(H,17,20)(H,18,19)/t8-/m0/s1. The molecule has 2 N–H and O–H groups in total.